The Morgan fingerprint density at radius 3 is 3.00 bits per heavy atom. The molecule has 1 aromatic rings. The Hall–Kier alpha value is -1.20. The van der Waals surface area contributed by atoms with Crippen molar-refractivity contribution in [1.29, 1.82) is 0 Å². The highest BCUT2D eigenvalue weighted by atomic mass is 15.2. The Bertz CT molecular complexity index is 386. The monoisotopic (exact) mass is 219 g/mol. The molecular weight excluding hydrogens is 202 g/mol. The van der Waals surface area contributed by atoms with E-state index < -0.39 is 0 Å². The van der Waals surface area contributed by atoms with Gasteiger partial charge in [-0.1, -0.05) is 0 Å². The van der Waals surface area contributed by atoms with Crippen molar-refractivity contribution in [2.45, 2.75) is 18.9 Å². The van der Waals surface area contributed by atoms with Crippen LogP contribution in [0.1, 0.15) is 23.7 Å². The van der Waals surface area contributed by atoms with E-state index in [-0.39, 0.29) is 0 Å². The van der Waals surface area contributed by atoms with Crippen molar-refractivity contribution in [2.24, 2.45) is 0 Å². The first kappa shape index (κ1) is 9.99. The molecule has 16 heavy (non-hydrogen) atoms. The van der Waals surface area contributed by atoms with Gasteiger partial charge in [-0.05, 0) is 18.4 Å². The lowest BCUT2D eigenvalue weighted by Gasteiger charge is -2.32. The summed E-state index contributed by atoms with van der Waals surface area (Å²) in [6, 6.07) is 0.461. The molecule has 1 aromatic heterocycles. The predicted octanol–water partition coefficient (Wildman–Crippen LogP) is -0.0487. The number of fused-ring (bicyclic) bond motifs is 1. The Morgan fingerprint density at radius 2 is 2.19 bits per heavy atom. The summed E-state index contributed by atoms with van der Waals surface area (Å²) in [5, 5.41) is 3.37. The molecule has 5 nitrogen and oxygen atoms in total. The summed E-state index contributed by atoms with van der Waals surface area (Å²) >= 11 is 0. The number of nitrogens with two attached hydrogens (primary N) is 1. The number of nitrogen functional groups attached to an aromatic ring is 1. The van der Waals surface area contributed by atoms with E-state index in [0.29, 0.717) is 12.0 Å². The molecule has 0 bridgehead atoms. The second-order valence-corrected chi connectivity index (χ2v) is 4.48. The summed E-state index contributed by atoms with van der Waals surface area (Å²) in [6.07, 6.45) is 4.14. The first-order valence-electron chi connectivity index (χ1n) is 5.90. The van der Waals surface area contributed by atoms with E-state index in [4.69, 9.17) is 5.73 Å². The molecule has 1 fully saturated rings. The average molecular weight is 219 g/mol. The Balaban J connectivity index is 1.86. The van der Waals surface area contributed by atoms with Gasteiger partial charge < -0.3 is 11.1 Å². The zero-order chi connectivity index (χ0) is 11.0. The SMILES string of the molecule is Nc1ncc2c(n1)C(N1CCNCC1)CC2. The third-order valence-electron chi connectivity index (χ3n) is 3.51. The van der Waals surface area contributed by atoms with Crippen LogP contribution in [0.3, 0.4) is 0 Å². The van der Waals surface area contributed by atoms with Crippen LogP contribution in [0.5, 0.6) is 0 Å². The zero-order valence-corrected chi connectivity index (χ0v) is 9.32. The van der Waals surface area contributed by atoms with E-state index in [1.807, 2.05) is 6.20 Å². The van der Waals surface area contributed by atoms with Crippen molar-refractivity contribution in [3.63, 3.8) is 0 Å². The topological polar surface area (TPSA) is 67.1 Å². The highest BCUT2D eigenvalue weighted by Gasteiger charge is 2.30. The predicted molar refractivity (Wildman–Crippen MR) is 61.9 cm³/mol. The summed E-state index contributed by atoms with van der Waals surface area (Å²) in [5.74, 6) is 0.404. The minimum atomic E-state index is 0.404. The second-order valence-electron chi connectivity index (χ2n) is 4.48. The van der Waals surface area contributed by atoms with Gasteiger partial charge in [-0.2, -0.15) is 0 Å². The largest absolute Gasteiger partial charge is 0.368 e. The quantitative estimate of drug-likeness (QED) is 0.693. The number of anilines is 1. The van der Waals surface area contributed by atoms with Crippen molar-refractivity contribution in [2.75, 3.05) is 31.9 Å². The molecule has 5 heteroatoms. The third kappa shape index (κ3) is 1.66. The highest BCUT2D eigenvalue weighted by Crippen LogP contribution is 2.34. The van der Waals surface area contributed by atoms with Crippen molar-refractivity contribution in [3.8, 4) is 0 Å². The molecule has 1 atom stereocenters. The zero-order valence-electron chi connectivity index (χ0n) is 9.32. The van der Waals surface area contributed by atoms with Gasteiger partial charge in [-0.15, -0.1) is 0 Å². The molecule has 3 N–H and O–H groups in total. The van der Waals surface area contributed by atoms with Crippen molar-refractivity contribution >= 4 is 5.95 Å². The van der Waals surface area contributed by atoms with Crippen LogP contribution in [-0.4, -0.2) is 41.0 Å². The number of hydrogen-bond acceptors (Lipinski definition) is 5. The number of nitrogens with zero attached hydrogens (tertiary/aromatic N) is 3. The maximum Gasteiger partial charge on any atom is 0.220 e. The van der Waals surface area contributed by atoms with E-state index in [0.717, 1.165) is 44.7 Å². The van der Waals surface area contributed by atoms with Gasteiger partial charge in [0.15, 0.2) is 0 Å². The van der Waals surface area contributed by atoms with Crippen molar-refractivity contribution < 1.29 is 0 Å². The molecule has 1 unspecified atom stereocenters. The summed E-state index contributed by atoms with van der Waals surface area (Å²) in [5.41, 5.74) is 8.11. The number of hydrogen-bond donors (Lipinski definition) is 2. The molecule has 0 amide bonds. The Labute approximate surface area is 95.1 Å². The minimum Gasteiger partial charge on any atom is -0.368 e. The molecule has 1 aliphatic heterocycles. The van der Waals surface area contributed by atoms with Gasteiger partial charge in [-0.25, -0.2) is 9.97 Å². The molecule has 0 saturated carbocycles. The average Bonchev–Trinajstić information content (AvgIpc) is 2.73. The molecule has 2 heterocycles. The van der Waals surface area contributed by atoms with Crippen LogP contribution in [0, 0.1) is 0 Å². The molecule has 1 saturated heterocycles. The van der Waals surface area contributed by atoms with Gasteiger partial charge in [-0.3, -0.25) is 4.90 Å². The van der Waals surface area contributed by atoms with Gasteiger partial charge in [0, 0.05) is 32.4 Å². The lowest BCUT2D eigenvalue weighted by atomic mass is 10.1. The van der Waals surface area contributed by atoms with E-state index in [1.165, 1.54) is 5.56 Å². The van der Waals surface area contributed by atoms with Gasteiger partial charge in [0.05, 0.1) is 11.7 Å². The van der Waals surface area contributed by atoms with Crippen LogP contribution in [0.15, 0.2) is 6.20 Å². The summed E-state index contributed by atoms with van der Waals surface area (Å²) in [6.45, 7) is 4.36. The molecule has 0 spiro atoms. The molecular formula is C11H17N5. The number of rotatable bonds is 1. The lowest BCUT2D eigenvalue weighted by molar-refractivity contribution is 0.171. The molecule has 0 radical (unpaired) electrons. The molecule has 2 aliphatic rings. The van der Waals surface area contributed by atoms with Crippen molar-refractivity contribution in [3.05, 3.63) is 17.5 Å². The Morgan fingerprint density at radius 1 is 1.38 bits per heavy atom. The maximum absolute atomic E-state index is 5.67. The fourth-order valence-electron chi connectivity index (χ4n) is 2.69. The van der Waals surface area contributed by atoms with Crippen LogP contribution in [0.2, 0.25) is 0 Å². The van der Waals surface area contributed by atoms with Crippen LogP contribution >= 0.6 is 0 Å². The first-order valence-corrected chi connectivity index (χ1v) is 5.90. The fraction of sp³-hybridized carbons (Fsp3) is 0.636. The highest BCUT2D eigenvalue weighted by molar-refractivity contribution is 5.31. The van der Waals surface area contributed by atoms with Gasteiger partial charge >= 0.3 is 0 Å². The van der Waals surface area contributed by atoms with E-state index in [1.54, 1.807) is 0 Å². The van der Waals surface area contributed by atoms with Crippen LogP contribution in [0.25, 0.3) is 0 Å². The number of nitrogens with one attached hydrogen (secondary N) is 1. The summed E-state index contributed by atoms with van der Waals surface area (Å²) in [7, 11) is 0. The lowest BCUT2D eigenvalue weighted by Crippen LogP contribution is -2.44. The molecule has 3 rings (SSSR count). The smallest absolute Gasteiger partial charge is 0.220 e. The molecule has 0 aromatic carbocycles. The molecule has 1 aliphatic carbocycles. The normalized spacial score (nSPS) is 25.6. The Kier molecular flexibility index (Phi) is 2.49. The van der Waals surface area contributed by atoms with Crippen LogP contribution in [-0.2, 0) is 6.42 Å². The van der Waals surface area contributed by atoms with Crippen LogP contribution < -0.4 is 11.1 Å². The number of aromatic nitrogens is 2. The van der Waals surface area contributed by atoms with Crippen molar-refractivity contribution in [1.82, 2.24) is 20.2 Å². The standard InChI is InChI=1S/C11H17N5/c12-11-14-7-8-1-2-9(10(8)15-11)16-5-3-13-4-6-16/h7,9,13H,1-6H2,(H2,12,14,15). The van der Waals surface area contributed by atoms with E-state index in [2.05, 4.69) is 20.2 Å². The minimum absolute atomic E-state index is 0.404. The summed E-state index contributed by atoms with van der Waals surface area (Å²) < 4.78 is 0. The first-order chi connectivity index (χ1) is 7.84. The van der Waals surface area contributed by atoms with Gasteiger partial charge in [0.2, 0.25) is 5.95 Å². The third-order valence-corrected chi connectivity index (χ3v) is 3.51. The maximum atomic E-state index is 5.67. The fourth-order valence-corrected chi connectivity index (χ4v) is 2.69. The number of aryl methyl sites for hydroxylation is 1. The summed E-state index contributed by atoms with van der Waals surface area (Å²) in [4.78, 5) is 11.0. The van der Waals surface area contributed by atoms with E-state index in [9.17, 15) is 0 Å². The van der Waals surface area contributed by atoms with E-state index >= 15 is 0 Å². The second kappa shape index (κ2) is 3.99. The van der Waals surface area contributed by atoms with Crippen LogP contribution in [0.4, 0.5) is 5.95 Å². The van der Waals surface area contributed by atoms with Gasteiger partial charge in [0.1, 0.15) is 0 Å². The molecule has 86 valence electrons. The number of piperazine rings is 1. The van der Waals surface area contributed by atoms with Gasteiger partial charge in [0.25, 0.3) is 0 Å².